The molecule has 0 saturated carbocycles. The molecule has 1 aliphatic heterocycles. The lowest BCUT2D eigenvalue weighted by Crippen LogP contribution is -2.58. The van der Waals surface area contributed by atoms with Crippen LogP contribution < -0.4 is 10.2 Å². The highest BCUT2D eigenvalue weighted by Crippen LogP contribution is 2.35. The summed E-state index contributed by atoms with van der Waals surface area (Å²) in [5.41, 5.74) is 1.37. The number of anilines is 1. The molecule has 1 fully saturated rings. The van der Waals surface area contributed by atoms with Gasteiger partial charge in [-0.2, -0.15) is 4.39 Å². The quantitative estimate of drug-likeness (QED) is 0.818. The van der Waals surface area contributed by atoms with Crippen molar-refractivity contribution >= 4 is 5.69 Å². The van der Waals surface area contributed by atoms with Crippen LogP contribution in [-0.2, 0) is 11.3 Å². The van der Waals surface area contributed by atoms with Crippen molar-refractivity contribution < 1.29 is 9.13 Å². The zero-order valence-corrected chi connectivity index (χ0v) is 16.2. The molecule has 0 aromatic carbocycles. The first-order valence-corrected chi connectivity index (χ1v) is 9.19. The molecule has 4 nitrogen and oxygen atoms in total. The molecule has 2 rings (SSSR count). The van der Waals surface area contributed by atoms with Gasteiger partial charge in [0.05, 0.1) is 23.9 Å². The minimum Gasteiger partial charge on any atom is -0.371 e. The summed E-state index contributed by atoms with van der Waals surface area (Å²) in [6, 6.07) is 2.03. The van der Waals surface area contributed by atoms with Crippen molar-refractivity contribution in [3.8, 4) is 0 Å². The third-order valence-electron chi connectivity index (χ3n) is 4.72. The summed E-state index contributed by atoms with van der Waals surface area (Å²) in [7, 11) is 1.87. The van der Waals surface area contributed by atoms with E-state index in [1.807, 2.05) is 13.1 Å². The predicted molar refractivity (Wildman–Crippen MR) is 99.0 cm³/mol. The lowest BCUT2D eigenvalue weighted by atomic mass is 9.86. The highest BCUT2D eigenvalue weighted by Gasteiger charge is 2.41. The standard InChI is InChI=1S/C16H26FN3O.C3H8/c1-5-16(6-2)12(3)20(7-8-21-16)14-9-13(10-18-4)11-19-15(14)17;1-3-2/h9,11-12,18H,5-8,10H2,1-4H3;3H2,1-2H3. The van der Waals surface area contributed by atoms with Crippen molar-refractivity contribution in [1.29, 1.82) is 0 Å². The van der Waals surface area contributed by atoms with Crippen molar-refractivity contribution in [2.75, 3.05) is 25.1 Å². The minimum absolute atomic E-state index is 0.127. The Morgan fingerprint density at radius 2 is 1.96 bits per heavy atom. The SMILES string of the molecule is CCC.CCC1(CC)OCCN(c2cc(CNC)cnc2F)C1C. The normalized spacial score (nSPS) is 19.6. The first kappa shape index (κ1) is 20.8. The predicted octanol–water partition coefficient (Wildman–Crippen LogP) is 4.14. The largest absolute Gasteiger partial charge is 0.371 e. The van der Waals surface area contributed by atoms with Crippen LogP contribution in [0.5, 0.6) is 0 Å². The number of morpholine rings is 1. The van der Waals surface area contributed by atoms with Gasteiger partial charge in [-0.05, 0) is 38.4 Å². The molecule has 1 unspecified atom stereocenters. The maximum Gasteiger partial charge on any atom is 0.236 e. The Morgan fingerprint density at radius 3 is 2.50 bits per heavy atom. The van der Waals surface area contributed by atoms with Gasteiger partial charge < -0.3 is 15.0 Å². The van der Waals surface area contributed by atoms with Gasteiger partial charge in [0.1, 0.15) is 0 Å². The van der Waals surface area contributed by atoms with Gasteiger partial charge in [-0.1, -0.05) is 34.1 Å². The second-order valence-corrected chi connectivity index (χ2v) is 6.38. The second-order valence-electron chi connectivity index (χ2n) is 6.38. The van der Waals surface area contributed by atoms with E-state index in [0.29, 0.717) is 25.4 Å². The maximum atomic E-state index is 14.2. The first-order valence-electron chi connectivity index (χ1n) is 9.19. The van der Waals surface area contributed by atoms with Gasteiger partial charge in [0.2, 0.25) is 5.95 Å². The van der Waals surface area contributed by atoms with Crippen LogP contribution in [0.4, 0.5) is 10.1 Å². The molecule has 138 valence electrons. The van der Waals surface area contributed by atoms with Gasteiger partial charge in [-0.15, -0.1) is 0 Å². The van der Waals surface area contributed by atoms with E-state index < -0.39 is 5.95 Å². The van der Waals surface area contributed by atoms with Crippen molar-refractivity contribution in [3.63, 3.8) is 0 Å². The van der Waals surface area contributed by atoms with Crippen LogP contribution in [0.25, 0.3) is 0 Å². The maximum absolute atomic E-state index is 14.2. The molecule has 0 spiro atoms. The molecule has 1 atom stereocenters. The van der Waals surface area contributed by atoms with Crippen LogP contribution in [0.1, 0.15) is 59.4 Å². The Balaban J connectivity index is 0.000000891. The fourth-order valence-electron chi connectivity index (χ4n) is 3.30. The van der Waals surface area contributed by atoms with Gasteiger partial charge in [-0.3, -0.25) is 0 Å². The molecule has 0 amide bonds. The summed E-state index contributed by atoms with van der Waals surface area (Å²) in [5.74, 6) is -0.398. The zero-order valence-electron chi connectivity index (χ0n) is 16.2. The lowest BCUT2D eigenvalue weighted by molar-refractivity contribution is -0.0851. The highest BCUT2D eigenvalue weighted by atomic mass is 19.1. The first-order chi connectivity index (χ1) is 11.5. The highest BCUT2D eigenvalue weighted by molar-refractivity contribution is 5.49. The number of hydrogen-bond acceptors (Lipinski definition) is 4. The molecule has 1 saturated heterocycles. The van der Waals surface area contributed by atoms with Gasteiger partial charge in [0, 0.05) is 19.3 Å². The average molecular weight is 339 g/mol. The van der Waals surface area contributed by atoms with Crippen molar-refractivity contribution in [3.05, 3.63) is 23.8 Å². The molecule has 5 heteroatoms. The molecular formula is C19H34FN3O. The van der Waals surface area contributed by atoms with E-state index in [4.69, 9.17) is 4.74 Å². The monoisotopic (exact) mass is 339 g/mol. The van der Waals surface area contributed by atoms with Crippen molar-refractivity contribution in [2.24, 2.45) is 0 Å². The molecule has 1 N–H and O–H groups in total. The van der Waals surface area contributed by atoms with Crippen LogP contribution in [-0.4, -0.2) is 36.8 Å². The molecule has 0 radical (unpaired) electrons. The number of nitrogens with zero attached hydrogens (tertiary/aromatic N) is 2. The third-order valence-corrected chi connectivity index (χ3v) is 4.72. The second kappa shape index (κ2) is 9.94. The van der Waals surface area contributed by atoms with E-state index >= 15 is 0 Å². The molecule has 0 bridgehead atoms. The van der Waals surface area contributed by atoms with E-state index in [0.717, 1.165) is 18.4 Å². The summed E-state index contributed by atoms with van der Waals surface area (Å²) in [6.45, 7) is 12.7. The van der Waals surface area contributed by atoms with Gasteiger partial charge in [0.25, 0.3) is 0 Å². The smallest absolute Gasteiger partial charge is 0.236 e. The molecule has 0 aliphatic carbocycles. The van der Waals surface area contributed by atoms with Crippen LogP contribution in [0.15, 0.2) is 12.3 Å². The van der Waals surface area contributed by atoms with E-state index in [1.165, 1.54) is 6.42 Å². The summed E-state index contributed by atoms with van der Waals surface area (Å²) in [6.07, 6.45) is 4.69. The summed E-state index contributed by atoms with van der Waals surface area (Å²) in [5, 5.41) is 3.08. The van der Waals surface area contributed by atoms with E-state index in [-0.39, 0.29) is 11.6 Å². The van der Waals surface area contributed by atoms with Crippen LogP contribution >= 0.6 is 0 Å². The molecule has 1 aromatic heterocycles. The number of rotatable bonds is 5. The Morgan fingerprint density at radius 1 is 1.33 bits per heavy atom. The molecular weight excluding hydrogens is 305 g/mol. The van der Waals surface area contributed by atoms with E-state index in [2.05, 4.69) is 49.8 Å². The molecule has 1 aliphatic rings. The minimum atomic E-state index is -0.398. The summed E-state index contributed by atoms with van der Waals surface area (Å²) < 4.78 is 20.3. The Bertz CT molecular complexity index is 492. The summed E-state index contributed by atoms with van der Waals surface area (Å²) in [4.78, 5) is 6.03. The van der Waals surface area contributed by atoms with E-state index in [1.54, 1.807) is 6.20 Å². The van der Waals surface area contributed by atoms with Gasteiger partial charge >= 0.3 is 0 Å². The number of pyridine rings is 1. The van der Waals surface area contributed by atoms with Gasteiger partial charge in [-0.25, -0.2) is 4.98 Å². The lowest BCUT2D eigenvalue weighted by Gasteiger charge is -2.49. The average Bonchev–Trinajstić information content (AvgIpc) is 2.58. The Hall–Kier alpha value is -1.20. The molecule has 2 heterocycles. The van der Waals surface area contributed by atoms with E-state index in [9.17, 15) is 4.39 Å². The summed E-state index contributed by atoms with van der Waals surface area (Å²) >= 11 is 0. The topological polar surface area (TPSA) is 37.4 Å². The van der Waals surface area contributed by atoms with Crippen LogP contribution in [0, 0.1) is 5.95 Å². The zero-order chi connectivity index (χ0) is 18.2. The van der Waals surface area contributed by atoms with Crippen molar-refractivity contribution in [2.45, 2.75) is 72.1 Å². The number of hydrogen-bond donors (Lipinski definition) is 1. The number of ether oxygens (including phenoxy) is 1. The third kappa shape index (κ3) is 4.67. The fraction of sp³-hybridized carbons (Fsp3) is 0.737. The number of aromatic nitrogens is 1. The number of halogens is 1. The Kier molecular flexibility index (Phi) is 8.63. The number of nitrogens with one attached hydrogen (secondary N) is 1. The molecule has 1 aromatic rings. The molecule has 24 heavy (non-hydrogen) atoms. The van der Waals surface area contributed by atoms with Crippen LogP contribution in [0.3, 0.4) is 0 Å². The van der Waals surface area contributed by atoms with Gasteiger partial charge in [0.15, 0.2) is 0 Å². The van der Waals surface area contributed by atoms with Crippen molar-refractivity contribution in [1.82, 2.24) is 10.3 Å². The Labute approximate surface area is 146 Å². The van der Waals surface area contributed by atoms with Crippen LogP contribution in [0.2, 0.25) is 0 Å². The fourth-order valence-corrected chi connectivity index (χ4v) is 3.30.